The van der Waals surface area contributed by atoms with E-state index < -0.39 is 0 Å². The number of ether oxygens (including phenoxy) is 2. The molecule has 1 saturated heterocycles. The van der Waals surface area contributed by atoms with Crippen LogP contribution < -0.4 is 10.1 Å². The maximum absolute atomic E-state index is 6.02. The largest absolute Gasteiger partial charge is 0.497 e. The van der Waals surface area contributed by atoms with E-state index in [4.69, 9.17) is 9.47 Å². The van der Waals surface area contributed by atoms with Crippen LogP contribution in [0.3, 0.4) is 0 Å². The van der Waals surface area contributed by atoms with Crippen LogP contribution in [-0.2, 0) is 16.7 Å². The summed E-state index contributed by atoms with van der Waals surface area (Å²) in [4.78, 5) is 0. The molecule has 0 amide bonds. The number of hydrogen-bond acceptors (Lipinski definition) is 2. The molecule has 140 valence electrons. The SMILES string of the molecule is COc1ccc(C[NH2+]CC[C@]2(c3ccccc3)CCOC(C)(C)C2)cc1. The molecular weight excluding hydrogens is 322 g/mol. The summed E-state index contributed by atoms with van der Waals surface area (Å²) < 4.78 is 11.3. The van der Waals surface area contributed by atoms with Crippen molar-refractivity contribution in [2.75, 3.05) is 20.3 Å². The summed E-state index contributed by atoms with van der Waals surface area (Å²) in [6.45, 7) is 7.43. The molecule has 0 unspecified atom stereocenters. The van der Waals surface area contributed by atoms with Crippen LogP contribution in [0.4, 0.5) is 0 Å². The highest BCUT2D eigenvalue weighted by atomic mass is 16.5. The predicted molar refractivity (Wildman–Crippen MR) is 105 cm³/mol. The lowest BCUT2D eigenvalue weighted by molar-refractivity contribution is -0.672. The molecule has 0 radical (unpaired) electrons. The van der Waals surface area contributed by atoms with Crippen LogP contribution >= 0.6 is 0 Å². The summed E-state index contributed by atoms with van der Waals surface area (Å²) in [6.07, 6.45) is 3.37. The minimum atomic E-state index is -0.0515. The van der Waals surface area contributed by atoms with Crippen LogP contribution in [-0.4, -0.2) is 25.9 Å². The van der Waals surface area contributed by atoms with Gasteiger partial charge in [-0.25, -0.2) is 0 Å². The molecule has 0 saturated carbocycles. The molecule has 0 bridgehead atoms. The average Bonchev–Trinajstić information content (AvgIpc) is 2.66. The Morgan fingerprint density at radius 2 is 1.77 bits per heavy atom. The smallest absolute Gasteiger partial charge is 0.118 e. The summed E-state index contributed by atoms with van der Waals surface area (Å²) in [5.74, 6) is 0.918. The second-order valence-corrected chi connectivity index (χ2v) is 8.06. The van der Waals surface area contributed by atoms with Gasteiger partial charge in [0.05, 0.1) is 19.3 Å². The van der Waals surface area contributed by atoms with Gasteiger partial charge in [-0.1, -0.05) is 30.3 Å². The van der Waals surface area contributed by atoms with Crippen molar-refractivity contribution in [1.29, 1.82) is 0 Å². The molecule has 2 aromatic rings. The molecule has 1 aliphatic rings. The Balaban J connectivity index is 1.63. The summed E-state index contributed by atoms with van der Waals surface area (Å²) in [7, 11) is 1.71. The van der Waals surface area contributed by atoms with Gasteiger partial charge in [-0.3, -0.25) is 0 Å². The molecule has 0 spiro atoms. The first-order valence-corrected chi connectivity index (χ1v) is 9.67. The highest BCUT2D eigenvalue weighted by molar-refractivity contribution is 5.27. The lowest BCUT2D eigenvalue weighted by Gasteiger charge is -2.45. The van der Waals surface area contributed by atoms with E-state index >= 15 is 0 Å². The van der Waals surface area contributed by atoms with Crippen LogP contribution in [0, 0.1) is 0 Å². The summed E-state index contributed by atoms with van der Waals surface area (Å²) in [6, 6.07) is 19.4. The normalized spacial score (nSPS) is 22.1. The van der Waals surface area contributed by atoms with Gasteiger partial charge in [0.25, 0.3) is 0 Å². The fourth-order valence-corrected chi connectivity index (χ4v) is 4.28. The van der Waals surface area contributed by atoms with Crippen molar-refractivity contribution in [1.82, 2.24) is 0 Å². The third kappa shape index (κ3) is 4.66. The standard InChI is InChI=1S/C23H31NO2/c1-22(2)18-23(14-16-26-22,20-7-5-4-6-8-20)13-15-24-17-19-9-11-21(25-3)12-10-19/h4-12,24H,13-18H2,1-3H3/p+1/t23-/m0/s1. The zero-order valence-electron chi connectivity index (χ0n) is 16.3. The highest BCUT2D eigenvalue weighted by Crippen LogP contribution is 2.43. The van der Waals surface area contributed by atoms with E-state index in [0.29, 0.717) is 0 Å². The summed E-state index contributed by atoms with van der Waals surface area (Å²) in [5.41, 5.74) is 2.98. The third-order valence-electron chi connectivity index (χ3n) is 5.59. The maximum atomic E-state index is 6.02. The fraction of sp³-hybridized carbons (Fsp3) is 0.478. The fourth-order valence-electron chi connectivity index (χ4n) is 4.28. The number of rotatable bonds is 7. The number of nitrogens with two attached hydrogens (primary N) is 1. The highest BCUT2D eigenvalue weighted by Gasteiger charge is 2.42. The first-order valence-electron chi connectivity index (χ1n) is 9.67. The van der Waals surface area contributed by atoms with Crippen LogP contribution in [0.15, 0.2) is 54.6 Å². The van der Waals surface area contributed by atoms with E-state index in [0.717, 1.165) is 38.3 Å². The minimum absolute atomic E-state index is 0.0515. The van der Waals surface area contributed by atoms with Crippen LogP contribution in [0.1, 0.15) is 44.2 Å². The molecule has 3 nitrogen and oxygen atoms in total. The van der Waals surface area contributed by atoms with Crippen molar-refractivity contribution in [2.45, 2.75) is 50.7 Å². The summed E-state index contributed by atoms with van der Waals surface area (Å²) in [5, 5.41) is 2.43. The molecule has 2 aromatic carbocycles. The molecule has 26 heavy (non-hydrogen) atoms. The van der Waals surface area contributed by atoms with E-state index in [-0.39, 0.29) is 11.0 Å². The van der Waals surface area contributed by atoms with Crippen LogP contribution in [0.25, 0.3) is 0 Å². The molecule has 0 aromatic heterocycles. The molecule has 2 N–H and O–H groups in total. The lowest BCUT2D eigenvalue weighted by Crippen LogP contribution is -2.83. The molecule has 1 aliphatic heterocycles. The predicted octanol–water partition coefficient (Wildman–Crippen LogP) is 3.68. The zero-order valence-corrected chi connectivity index (χ0v) is 16.3. The topological polar surface area (TPSA) is 35.1 Å². The van der Waals surface area contributed by atoms with E-state index in [2.05, 4.69) is 61.6 Å². The van der Waals surface area contributed by atoms with Gasteiger partial charge in [-0.2, -0.15) is 0 Å². The molecule has 3 heteroatoms. The molecule has 3 rings (SSSR count). The zero-order chi connectivity index (χ0) is 18.5. The lowest BCUT2D eigenvalue weighted by atomic mass is 9.67. The minimum Gasteiger partial charge on any atom is -0.497 e. The number of methoxy groups -OCH3 is 1. The van der Waals surface area contributed by atoms with Crippen LogP contribution in [0.5, 0.6) is 5.75 Å². The van der Waals surface area contributed by atoms with Gasteiger partial charge >= 0.3 is 0 Å². The Kier molecular flexibility index (Phi) is 6.00. The van der Waals surface area contributed by atoms with Crippen molar-refractivity contribution < 1.29 is 14.8 Å². The molecule has 0 aliphatic carbocycles. The quantitative estimate of drug-likeness (QED) is 0.770. The van der Waals surface area contributed by atoms with E-state index in [1.807, 2.05) is 12.1 Å². The van der Waals surface area contributed by atoms with Gasteiger partial charge in [0.2, 0.25) is 0 Å². The number of hydrogen-bond donors (Lipinski definition) is 1. The first-order chi connectivity index (χ1) is 12.5. The van der Waals surface area contributed by atoms with Gasteiger partial charge in [-0.15, -0.1) is 0 Å². The van der Waals surface area contributed by atoms with Gasteiger partial charge in [0.1, 0.15) is 12.3 Å². The van der Waals surface area contributed by atoms with Crippen molar-refractivity contribution in [2.24, 2.45) is 0 Å². The monoisotopic (exact) mass is 354 g/mol. The second kappa shape index (κ2) is 8.24. The molecular formula is C23H32NO2+. The van der Waals surface area contributed by atoms with Gasteiger partial charge in [0, 0.05) is 24.0 Å². The maximum Gasteiger partial charge on any atom is 0.118 e. The van der Waals surface area contributed by atoms with Crippen LogP contribution in [0.2, 0.25) is 0 Å². The van der Waals surface area contributed by atoms with Crippen molar-refractivity contribution >= 4 is 0 Å². The van der Waals surface area contributed by atoms with E-state index in [1.54, 1.807) is 7.11 Å². The Labute approximate surface area is 157 Å². The average molecular weight is 355 g/mol. The van der Waals surface area contributed by atoms with Crippen molar-refractivity contribution in [3.05, 3.63) is 65.7 Å². The van der Waals surface area contributed by atoms with E-state index in [1.165, 1.54) is 17.5 Å². The first kappa shape index (κ1) is 18.9. The number of benzene rings is 2. The van der Waals surface area contributed by atoms with E-state index in [9.17, 15) is 0 Å². The molecule has 1 atom stereocenters. The third-order valence-corrected chi connectivity index (χ3v) is 5.59. The van der Waals surface area contributed by atoms with Crippen molar-refractivity contribution in [3.63, 3.8) is 0 Å². The number of quaternary nitrogens is 1. The summed E-state index contributed by atoms with van der Waals surface area (Å²) >= 11 is 0. The Hall–Kier alpha value is -1.84. The van der Waals surface area contributed by atoms with Gasteiger partial charge in [0.15, 0.2) is 0 Å². The molecule has 1 heterocycles. The Morgan fingerprint density at radius 3 is 2.42 bits per heavy atom. The Bertz CT molecular complexity index is 681. The molecule has 1 fully saturated rings. The van der Waals surface area contributed by atoms with Gasteiger partial charge < -0.3 is 14.8 Å². The Morgan fingerprint density at radius 1 is 1.04 bits per heavy atom. The second-order valence-electron chi connectivity index (χ2n) is 8.06. The van der Waals surface area contributed by atoms with Gasteiger partial charge in [-0.05, 0) is 56.5 Å². The van der Waals surface area contributed by atoms with Crippen molar-refractivity contribution in [3.8, 4) is 5.75 Å².